The fraction of sp³-hybridized carbons (Fsp3) is 0.258. The normalized spacial score (nSPS) is 18.4. The van der Waals surface area contributed by atoms with E-state index < -0.39 is 0 Å². The first-order valence-corrected chi connectivity index (χ1v) is 13.0. The summed E-state index contributed by atoms with van der Waals surface area (Å²) in [6, 6.07) is 29.3. The molecule has 2 aliphatic carbocycles. The van der Waals surface area contributed by atoms with E-state index >= 15 is 0 Å². The highest BCUT2D eigenvalue weighted by molar-refractivity contribution is 5.84. The number of methoxy groups -OCH3 is 1. The predicted octanol–water partition coefficient (Wildman–Crippen LogP) is 6.44. The van der Waals surface area contributed by atoms with Crippen molar-refractivity contribution in [2.24, 2.45) is 4.99 Å². The second-order valence-electron chi connectivity index (χ2n) is 9.71. The van der Waals surface area contributed by atoms with Crippen LogP contribution < -0.4 is 10.7 Å². The van der Waals surface area contributed by atoms with Crippen molar-refractivity contribution in [3.05, 3.63) is 96.0 Å². The maximum atomic E-state index is 5.59. The summed E-state index contributed by atoms with van der Waals surface area (Å²) in [4.78, 5) is 15.0. The quantitative estimate of drug-likeness (QED) is 0.289. The number of aryl methyl sites for hydroxylation is 1. The first-order valence-electron chi connectivity index (χ1n) is 13.0. The van der Waals surface area contributed by atoms with E-state index in [9.17, 15) is 0 Å². The van der Waals surface area contributed by atoms with Crippen LogP contribution >= 0.6 is 0 Å². The van der Waals surface area contributed by atoms with Crippen molar-refractivity contribution in [3.8, 4) is 17.1 Å². The van der Waals surface area contributed by atoms with Crippen molar-refractivity contribution in [1.29, 1.82) is 0 Å². The van der Waals surface area contributed by atoms with E-state index in [-0.39, 0.29) is 6.04 Å². The highest BCUT2D eigenvalue weighted by Crippen LogP contribution is 2.31. The molecule has 1 saturated carbocycles. The summed E-state index contributed by atoms with van der Waals surface area (Å²) < 4.78 is 7.88. The van der Waals surface area contributed by atoms with Crippen LogP contribution in [0, 0.1) is 6.92 Å². The largest absolute Gasteiger partial charge is 0.381 e. The fourth-order valence-corrected chi connectivity index (χ4v) is 5.26. The number of aromatic nitrogens is 3. The van der Waals surface area contributed by atoms with E-state index in [0.717, 1.165) is 76.3 Å². The highest BCUT2D eigenvalue weighted by atomic mass is 16.5. The topological polar surface area (TPSA) is 64.3 Å². The van der Waals surface area contributed by atoms with Gasteiger partial charge >= 0.3 is 0 Å². The minimum atomic E-state index is 0.258. The molecule has 1 N–H and O–H groups in total. The first-order chi connectivity index (χ1) is 18.2. The van der Waals surface area contributed by atoms with Gasteiger partial charge in [0.05, 0.1) is 45.6 Å². The molecule has 6 rings (SSSR count). The van der Waals surface area contributed by atoms with E-state index in [4.69, 9.17) is 14.7 Å². The number of ether oxygens (including phenoxy) is 1. The molecule has 3 aliphatic rings. The van der Waals surface area contributed by atoms with Gasteiger partial charge in [0, 0.05) is 18.5 Å². The van der Waals surface area contributed by atoms with Crippen LogP contribution in [0.2, 0.25) is 0 Å². The lowest BCUT2D eigenvalue weighted by Gasteiger charge is -2.25. The highest BCUT2D eigenvalue weighted by Gasteiger charge is 2.21. The summed E-state index contributed by atoms with van der Waals surface area (Å²) in [6.45, 7) is 2.00. The van der Waals surface area contributed by atoms with E-state index in [0.29, 0.717) is 6.10 Å². The Morgan fingerprint density at radius 1 is 0.865 bits per heavy atom. The van der Waals surface area contributed by atoms with Crippen LogP contribution in [-0.2, 0) is 4.74 Å². The summed E-state index contributed by atoms with van der Waals surface area (Å²) in [7, 11) is 1.81. The zero-order chi connectivity index (χ0) is 25.2. The molecule has 1 fully saturated rings. The summed E-state index contributed by atoms with van der Waals surface area (Å²) >= 11 is 0. The van der Waals surface area contributed by atoms with Crippen molar-refractivity contribution in [3.63, 3.8) is 0 Å². The minimum absolute atomic E-state index is 0.258. The molecule has 6 nitrogen and oxygen atoms in total. The zero-order valence-electron chi connectivity index (χ0n) is 21.3. The molecule has 0 atom stereocenters. The van der Waals surface area contributed by atoms with Crippen LogP contribution in [-0.4, -0.2) is 33.8 Å². The summed E-state index contributed by atoms with van der Waals surface area (Å²) in [5.41, 5.74) is 6.92. The minimum Gasteiger partial charge on any atom is -0.381 e. The maximum Gasteiger partial charge on any atom is 0.130 e. The lowest BCUT2D eigenvalue weighted by Crippen LogP contribution is -2.25. The monoisotopic (exact) mass is 489 g/mol. The Hall–Kier alpha value is -4.03. The number of nitrogens with one attached hydrogen (secondary N) is 1. The Morgan fingerprint density at radius 3 is 2.43 bits per heavy atom. The number of fused-ring (bicyclic) bond motifs is 2. The van der Waals surface area contributed by atoms with Crippen LogP contribution in [0.4, 0.5) is 11.5 Å². The molecular weight excluding hydrogens is 458 g/mol. The molecule has 0 unspecified atom stereocenters. The van der Waals surface area contributed by atoms with Gasteiger partial charge in [0.25, 0.3) is 0 Å². The standard InChI is InChI=1S/C31H31N5O/c1-21-9-8-14-31(32-21)35-26-19-28-30(20-27(26)33-22-15-17-24(37-2)18-16-22)36(23-10-4-3-5-11-23)29-13-7-6-12-25(29)34-28/h3-14,19-20,22,24H,15-18H2,1-2H3,(H,32,35). The lowest BCUT2D eigenvalue weighted by atomic mass is 9.93. The van der Waals surface area contributed by atoms with Gasteiger partial charge in [-0.05, 0) is 81.1 Å². The van der Waals surface area contributed by atoms with Gasteiger partial charge in [-0.25, -0.2) is 9.97 Å². The average molecular weight is 490 g/mol. The van der Waals surface area contributed by atoms with Gasteiger partial charge in [-0.3, -0.25) is 4.99 Å². The third-order valence-corrected chi connectivity index (χ3v) is 7.16. The number of hydrogen-bond donors (Lipinski definition) is 1. The van der Waals surface area contributed by atoms with Crippen LogP contribution in [0.1, 0.15) is 31.4 Å². The van der Waals surface area contributed by atoms with Crippen molar-refractivity contribution >= 4 is 22.5 Å². The van der Waals surface area contributed by atoms with Crippen molar-refractivity contribution in [2.45, 2.75) is 44.8 Å². The van der Waals surface area contributed by atoms with Crippen molar-refractivity contribution in [1.82, 2.24) is 14.5 Å². The molecule has 0 spiro atoms. The van der Waals surface area contributed by atoms with Crippen LogP contribution in [0.3, 0.4) is 0 Å². The molecule has 0 saturated heterocycles. The molecule has 0 radical (unpaired) electrons. The molecule has 1 aliphatic heterocycles. The van der Waals surface area contributed by atoms with Crippen molar-refractivity contribution in [2.75, 3.05) is 12.4 Å². The molecule has 6 heteroatoms. The van der Waals surface area contributed by atoms with E-state index in [1.807, 2.05) is 44.4 Å². The number of anilines is 2. The molecule has 0 bridgehead atoms. The van der Waals surface area contributed by atoms with Gasteiger partial charge in [0.2, 0.25) is 0 Å². The summed E-state index contributed by atoms with van der Waals surface area (Å²) in [5, 5.41) is 4.47. The van der Waals surface area contributed by atoms with Crippen LogP contribution in [0.5, 0.6) is 0 Å². The average Bonchev–Trinajstić information content (AvgIpc) is 2.93. The van der Waals surface area contributed by atoms with E-state index in [1.54, 1.807) is 0 Å². The van der Waals surface area contributed by atoms with Gasteiger partial charge in [-0.15, -0.1) is 0 Å². The number of benzene rings is 3. The van der Waals surface area contributed by atoms with Gasteiger partial charge in [-0.2, -0.15) is 0 Å². The second-order valence-corrected chi connectivity index (χ2v) is 9.71. The van der Waals surface area contributed by atoms with Gasteiger partial charge in [0.15, 0.2) is 0 Å². The molecule has 3 aromatic rings. The molecule has 2 aromatic carbocycles. The molecular formula is C31H31N5O. The molecule has 1 aromatic heterocycles. The Labute approximate surface area is 217 Å². The Balaban J connectivity index is 1.57. The van der Waals surface area contributed by atoms with Gasteiger partial charge in [-0.1, -0.05) is 36.4 Å². The smallest absolute Gasteiger partial charge is 0.130 e. The maximum absolute atomic E-state index is 5.59. The second kappa shape index (κ2) is 10.1. The summed E-state index contributed by atoms with van der Waals surface area (Å²) in [6.07, 6.45) is 4.46. The fourth-order valence-electron chi connectivity index (χ4n) is 5.26. The molecule has 186 valence electrons. The van der Waals surface area contributed by atoms with E-state index in [1.165, 1.54) is 0 Å². The number of hydrogen-bond acceptors (Lipinski definition) is 5. The first kappa shape index (κ1) is 23.4. The Bertz CT molecular complexity index is 1570. The lowest BCUT2D eigenvalue weighted by molar-refractivity contribution is 0.0663. The molecule has 37 heavy (non-hydrogen) atoms. The third kappa shape index (κ3) is 4.85. The van der Waals surface area contributed by atoms with Crippen molar-refractivity contribution < 1.29 is 4.74 Å². The zero-order valence-corrected chi connectivity index (χ0v) is 21.3. The Morgan fingerprint density at radius 2 is 1.65 bits per heavy atom. The van der Waals surface area contributed by atoms with Gasteiger partial charge < -0.3 is 14.6 Å². The SMILES string of the molecule is COC1CCC(N=c2cc3n(-c4ccccc4)c4ccccc4nc-3cc2Nc2cccc(C)n2)CC1. The number of nitrogens with zero attached hydrogens (tertiary/aromatic N) is 4. The van der Waals surface area contributed by atoms with Crippen LogP contribution in [0.25, 0.3) is 28.1 Å². The number of para-hydroxylation sites is 3. The number of pyridine rings is 1. The summed E-state index contributed by atoms with van der Waals surface area (Å²) in [5.74, 6) is 0.801. The predicted molar refractivity (Wildman–Crippen MR) is 149 cm³/mol. The molecule has 2 heterocycles. The van der Waals surface area contributed by atoms with E-state index in [2.05, 4.69) is 69.5 Å². The number of rotatable bonds is 5. The van der Waals surface area contributed by atoms with Crippen LogP contribution in [0.15, 0.2) is 89.9 Å². The third-order valence-electron chi connectivity index (χ3n) is 7.16. The van der Waals surface area contributed by atoms with Gasteiger partial charge in [0.1, 0.15) is 5.82 Å². The Kier molecular flexibility index (Phi) is 6.41. The molecule has 0 amide bonds.